The van der Waals surface area contributed by atoms with Crippen LogP contribution in [0.25, 0.3) is 0 Å². The fraction of sp³-hybridized carbons (Fsp3) is 0.200. The minimum atomic E-state index is -0.935. The third-order valence-corrected chi connectivity index (χ3v) is 5.12. The zero-order valence-corrected chi connectivity index (χ0v) is 16.0. The van der Waals surface area contributed by atoms with Crippen molar-refractivity contribution in [3.63, 3.8) is 0 Å². The van der Waals surface area contributed by atoms with E-state index >= 15 is 0 Å². The van der Waals surface area contributed by atoms with E-state index in [9.17, 15) is 19.2 Å². The molecule has 1 atom stereocenters. The second-order valence-corrected chi connectivity index (χ2v) is 7.24. The highest BCUT2D eigenvalue weighted by atomic mass is 32.2. The molecule has 7 nitrogen and oxygen atoms in total. The number of anilines is 1. The summed E-state index contributed by atoms with van der Waals surface area (Å²) in [4.78, 5) is 50.6. The van der Waals surface area contributed by atoms with Crippen molar-refractivity contribution in [3.8, 4) is 0 Å². The number of hydrogen-bond donors (Lipinski definition) is 2. The van der Waals surface area contributed by atoms with Crippen molar-refractivity contribution in [2.75, 3.05) is 17.3 Å². The largest absolute Gasteiger partial charge is 0.366 e. The quantitative estimate of drug-likeness (QED) is 0.696. The lowest BCUT2D eigenvalue weighted by atomic mass is 10.1. The highest BCUT2D eigenvalue weighted by molar-refractivity contribution is 7.98. The van der Waals surface area contributed by atoms with Crippen LogP contribution in [0.5, 0.6) is 0 Å². The van der Waals surface area contributed by atoms with Gasteiger partial charge in [0.1, 0.15) is 6.04 Å². The standard InChI is InChI=1S/C20H19N3O4S/c1-28-11-10-16(18(25)22-13-8-6-12(7-9-13)17(21)24)23-19(26)14-4-2-3-5-15(14)20(23)27/h2-9,16H,10-11H2,1H3,(H2,21,24)(H,22,25)/t16-/m1/s1. The normalized spacial score (nSPS) is 14.0. The summed E-state index contributed by atoms with van der Waals surface area (Å²) in [5.74, 6) is -1.36. The van der Waals surface area contributed by atoms with Crippen LogP contribution in [-0.4, -0.2) is 46.6 Å². The first kappa shape index (κ1) is 19.6. The Hall–Kier alpha value is -3.13. The molecular formula is C20H19N3O4S. The third-order valence-electron chi connectivity index (χ3n) is 4.47. The van der Waals surface area contributed by atoms with E-state index in [4.69, 9.17) is 5.73 Å². The Kier molecular flexibility index (Phi) is 5.79. The molecule has 0 aromatic heterocycles. The monoisotopic (exact) mass is 397 g/mol. The Balaban J connectivity index is 1.84. The van der Waals surface area contributed by atoms with Crippen LogP contribution in [0.15, 0.2) is 48.5 Å². The second kappa shape index (κ2) is 8.26. The number of carbonyl (C=O) groups is 4. The molecule has 3 N–H and O–H groups in total. The van der Waals surface area contributed by atoms with E-state index in [0.717, 1.165) is 4.90 Å². The van der Waals surface area contributed by atoms with E-state index in [2.05, 4.69) is 5.32 Å². The van der Waals surface area contributed by atoms with Crippen LogP contribution in [0, 0.1) is 0 Å². The number of thioether (sulfide) groups is 1. The van der Waals surface area contributed by atoms with Crippen LogP contribution in [0.3, 0.4) is 0 Å². The predicted molar refractivity (Wildman–Crippen MR) is 107 cm³/mol. The first-order chi connectivity index (χ1) is 13.4. The van der Waals surface area contributed by atoms with Crippen LogP contribution in [0.4, 0.5) is 5.69 Å². The molecule has 28 heavy (non-hydrogen) atoms. The maximum Gasteiger partial charge on any atom is 0.262 e. The van der Waals surface area contributed by atoms with E-state index in [1.807, 2.05) is 6.26 Å². The Morgan fingerprint density at radius 3 is 2.11 bits per heavy atom. The van der Waals surface area contributed by atoms with E-state index < -0.39 is 29.7 Å². The van der Waals surface area contributed by atoms with Gasteiger partial charge in [0.05, 0.1) is 11.1 Å². The van der Waals surface area contributed by atoms with Gasteiger partial charge in [-0.05, 0) is 54.8 Å². The van der Waals surface area contributed by atoms with Crippen molar-refractivity contribution in [2.45, 2.75) is 12.5 Å². The van der Waals surface area contributed by atoms with E-state index in [1.165, 1.54) is 23.9 Å². The Morgan fingerprint density at radius 1 is 1.04 bits per heavy atom. The number of benzene rings is 2. The highest BCUT2D eigenvalue weighted by Crippen LogP contribution is 2.26. The van der Waals surface area contributed by atoms with Crippen molar-refractivity contribution in [1.82, 2.24) is 4.90 Å². The molecule has 1 aliphatic rings. The van der Waals surface area contributed by atoms with E-state index in [1.54, 1.807) is 36.4 Å². The third kappa shape index (κ3) is 3.77. The molecule has 2 aromatic carbocycles. The molecular weight excluding hydrogens is 378 g/mol. The number of imide groups is 1. The lowest BCUT2D eigenvalue weighted by Gasteiger charge is -2.25. The molecule has 1 aliphatic heterocycles. The number of hydrogen-bond acceptors (Lipinski definition) is 5. The van der Waals surface area contributed by atoms with Crippen LogP contribution in [0.1, 0.15) is 37.5 Å². The first-order valence-electron chi connectivity index (χ1n) is 8.60. The van der Waals surface area contributed by atoms with Gasteiger partial charge in [-0.3, -0.25) is 24.1 Å². The average molecular weight is 397 g/mol. The molecule has 0 fully saturated rings. The number of nitrogens with zero attached hydrogens (tertiary/aromatic N) is 1. The van der Waals surface area contributed by atoms with Gasteiger partial charge >= 0.3 is 0 Å². The molecule has 3 rings (SSSR count). The van der Waals surface area contributed by atoms with E-state index in [-0.39, 0.29) is 0 Å². The summed E-state index contributed by atoms with van der Waals surface area (Å²) in [6, 6.07) is 11.7. The molecule has 0 aliphatic carbocycles. The fourth-order valence-electron chi connectivity index (χ4n) is 3.04. The number of primary amides is 1. The maximum absolute atomic E-state index is 12.9. The van der Waals surface area contributed by atoms with Gasteiger partial charge in [0.2, 0.25) is 11.8 Å². The van der Waals surface area contributed by atoms with Crippen molar-refractivity contribution >= 4 is 41.1 Å². The molecule has 8 heteroatoms. The molecule has 0 unspecified atom stereocenters. The number of nitrogens with one attached hydrogen (secondary N) is 1. The fourth-order valence-corrected chi connectivity index (χ4v) is 3.50. The molecule has 144 valence electrons. The zero-order chi connectivity index (χ0) is 20.3. The summed E-state index contributed by atoms with van der Waals surface area (Å²) in [6.07, 6.45) is 2.22. The van der Waals surface area contributed by atoms with Gasteiger partial charge in [0.15, 0.2) is 0 Å². The minimum absolute atomic E-state index is 0.306. The van der Waals surface area contributed by atoms with Gasteiger partial charge < -0.3 is 11.1 Å². The summed E-state index contributed by atoms with van der Waals surface area (Å²) in [5.41, 5.74) is 6.59. The molecule has 0 saturated carbocycles. The Labute approximate surface area is 166 Å². The van der Waals surface area contributed by atoms with Crippen LogP contribution < -0.4 is 11.1 Å². The first-order valence-corrected chi connectivity index (χ1v) is 10.00. The van der Waals surface area contributed by atoms with Gasteiger partial charge in [-0.1, -0.05) is 12.1 Å². The molecule has 0 saturated heterocycles. The Morgan fingerprint density at radius 2 is 1.61 bits per heavy atom. The summed E-state index contributed by atoms with van der Waals surface area (Å²) in [6.45, 7) is 0. The number of carbonyl (C=O) groups excluding carboxylic acids is 4. The highest BCUT2D eigenvalue weighted by Gasteiger charge is 2.42. The number of nitrogens with two attached hydrogens (primary N) is 1. The predicted octanol–water partition coefficient (Wildman–Crippen LogP) is 2.14. The van der Waals surface area contributed by atoms with Crippen molar-refractivity contribution in [2.24, 2.45) is 5.73 Å². The molecule has 2 aromatic rings. The summed E-state index contributed by atoms with van der Waals surface area (Å²) in [7, 11) is 0. The SMILES string of the molecule is CSCC[C@H](C(=O)Nc1ccc(C(N)=O)cc1)N1C(=O)c2ccccc2C1=O. The van der Waals surface area contributed by atoms with Gasteiger partial charge in [-0.25, -0.2) is 0 Å². The smallest absolute Gasteiger partial charge is 0.262 e. The number of fused-ring (bicyclic) bond motifs is 1. The Bertz CT molecular complexity index is 908. The lowest BCUT2D eigenvalue weighted by molar-refractivity contribution is -0.120. The number of rotatable bonds is 7. The van der Waals surface area contributed by atoms with Crippen molar-refractivity contribution in [1.29, 1.82) is 0 Å². The second-order valence-electron chi connectivity index (χ2n) is 6.25. The minimum Gasteiger partial charge on any atom is -0.366 e. The van der Waals surface area contributed by atoms with Crippen molar-refractivity contribution < 1.29 is 19.2 Å². The molecule has 0 spiro atoms. The van der Waals surface area contributed by atoms with Gasteiger partial charge in [0.25, 0.3) is 11.8 Å². The summed E-state index contributed by atoms with van der Waals surface area (Å²) >= 11 is 1.52. The van der Waals surface area contributed by atoms with Gasteiger partial charge in [0, 0.05) is 11.3 Å². The molecule has 1 heterocycles. The zero-order valence-electron chi connectivity index (χ0n) is 15.2. The van der Waals surface area contributed by atoms with Crippen LogP contribution in [0.2, 0.25) is 0 Å². The van der Waals surface area contributed by atoms with E-state index in [0.29, 0.717) is 34.6 Å². The van der Waals surface area contributed by atoms with Crippen LogP contribution >= 0.6 is 11.8 Å². The number of amides is 4. The van der Waals surface area contributed by atoms with Crippen LogP contribution in [-0.2, 0) is 4.79 Å². The summed E-state index contributed by atoms with van der Waals surface area (Å²) < 4.78 is 0. The van der Waals surface area contributed by atoms with Gasteiger partial charge in [-0.2, -0.15) is 11.8 Å². The average Bonchev–Trinajstić information content (AvgIpc) is 2.94. The molecule has 0 bridgehead atoms. The molecule has 4 amide bonds. The van der Waals surface area contributed by atoms with Crippen molar-refractivity contribution in [3.05, 3.63) is 65.2 Å². The van der Waals surface area contributed by atoms with Gasteiger partial charge in [-0.15, -0.1) is 0 Å². The maximum atomic E-state index is 12.9. The summed E-state index contributed by atoms with van der Waals surface area (Å²) in [5, 5.41) is 2.72. The lowest BCUT2D eigenvalue weighted by Crippen LogP contribution is -2.47. The topological polar surface area (TPSA) is 110 Å². The molecule has 0 radical (unpaired) electrons.